The number of hydrogen-bond donors (Lipinski definition) is 1. The standard InChI is InChI=1S/C21H22N4O2/c1-15-4-5-16(2)20(12-15)27-13-21(26)24-23-17(3)18-6-8-19(9-7-18)25-11-10-22-14-25/h4-12,14H,13H2,1-3H3,(H,24,26)/b23-17+. The number of aryl methyl sites for hydroxylation is 2. The molecule has 1 N–H and O–H groups in total. The number of hydrogen-bond acceptors (Lipinski definition) is 4. The Morgan fingerprint density at radius 2 is 1.96 bits per heavy atom. The van der Waals surface area contributed by atoms with Gasteiger partial charge in [0.1, 0.15) is 5.75 Å². The van der Waals surface area contributed by atoms with Gasteiger partial charge in [0.25, 0.3) is 5.91 Å². The maximum atomic E-state index is 12.0. The van der Waals surface area contributed by atoms with Crippen molar-refractivity contribution >= 4 is 11.6 Å². The van der Waals surface area contributed by atoms with Crippen molar-refractivity contribution in [3.63, 3.8) is 0 Å². The molecule has 0 aliphatic rings. The number of imidazole rings is 1. The average molecular weight is 362 g/mol. The zero-order valence-electron chi connectivity index (χ0n) is 15.6. The molecule has 2 aromatic carbocycles. The van der Waals surface area contributed by atoms with Gasteiger partial charge in [-0.25, -0.2) is 10.4 Å². The van der Waals surface area contributed by atoms with Crippen LogP contribution >= 0.6 is 0 Å². The number of nitrogens with one attached hydrogen (secondary N) is 1. The first-order valence-corrected chi connectivity index (χ1v) is 8.65. The summed E-state index contributed by atoms with van der Waals surface area (Å²) in [5, 5.41) is 4.16. The molecule has 1 aromatic heterocycles. The van der Waals surface area contributed by atoms with E-state index in [1.54, 1.807) is 12.5 Å². The van der Waals surface area contributed by atoms with Crippen molar-refractivity contribution < 1.29 is 9.53 Å². The largest absolute Gasteiger partial charge is 0.483 e. The van der Waals surface area contributed by atoms with Gasteiger partial charge in [-0.2, -0.15) is 5.10 Å². The lowest BCUT2D eigenvalue weighted by atomic mass is 10.1. The van der Waals surface area contributed by atoms with Crippen LogP contribution in [0.5, 0.6) is 5.75 Å². The van der Waals surface area contributed by atoms with Gasteiger partial charge in [0.05, 0.1) is 12.0 Å². The molecule has 3 rings (SSSR count). The molecule has 0 saturated heterocycles. The minimum atomic E-state index is -0.301. The molecule has 3 aromatic rings. The van der Waals surface area contributed by atoms with Gasteiger partial charge in [0.2, 0.25) is 0 Å². The van der Waals surface area contributed by atoms with Crippen LogP contribution in [0, 0.1) is 13.8 Å². The van der Waals surface area contributed by atoms with Gasteiger partial charge in [0, 0.05) is 18.1 Å². The summed E-state index contributed by atoms with van der Waals surface area (Å²) >= 11 is 0. The van der Waals surface area contributed by atoms with Gasteiger partial charge < -0.3 is 9.30 Å². The van der Waals surface area contributed by atoms with Gasteiger partial charge in [-0.05, 0) is 55.7 Å². The molecule has 0 spiro atoms. The number of ether oxygens (including phenoxy) is 1. The number of amides is 1. The predicted octanol–water partition coefficient (Wildman–Crippen LogP) is 3.41. The SMILES string of the molecule is C/C(=N\NC(=O)COc1cc(C)ccc1C)c1ccc(-n2ccnc2)cc1. The highest BCUT2D eigenvalue weighted by Gasteiger charge is 2.06. The Balaban J connectivity index is 1.56. The lowest BCUT2D eigenvalue weighted by molar-refractivity contribution is -0.123. The van der Waals surface area contributed by atoms with Crippen LogP contribution in [-0.4, -0.2) is 27.8 Å². The Morgan fingerprint density at radius 3 is 2.67 bits per heavy atom. The van der Waals surface area contributed by atoms with Gasteiger partial charge in [-0.1, -0.05) is 24.3 Å². The molecule has 0 bridgehead atoms. The van der Waals surface area contributed by atoms with Gasteiger partial charge in [-0.15, -0.1) is 0 Å². The fourth-order valence-corrected chi connectivity index (χ4v) is 2.54. The second kappa shape index (κ2) is 8.31. The maximum Gasteiger partial charge on any atom is 0.277 e. The fourth-order valence-electron chi connectivity index (χ4n) is 2.54. The van der Waals surface area contributed by atoms with E-state index in [-0.39, 0.29) is 12.5 Å². The molecular weight excluding hydrogens is 340 g/mol. The highest BCUT2D eigenvalue weighted by molar-refractivity contribution is 5.99. The summed E-state index contributed by atoms with van der Waals surface area (Å²) in [4.78, 5) is 16.0. The van der Waals surface area contributed by atoms with E-state index >= 15 is 0 Å². The Kier molecular flexibility index (Phi) is 5.66. The van der Waals surface area contributed by atoms with Crippen LogP contribution < -0.4 is 10.2 Å². The second-order valence-electron chi connectivity index (χ2n) is 6.31. The molecule has 0 aliphatic carbocycles. The van der Waals surface area contributed by atoms with Crippen molar-refractivity contribution in [2.45, 2.75) is 20.8 Å². The summed E-state index contributed by atoms with van der Waals surface area (Å²) in [5.74, 6) is 0.409. The van der Waals surface area contributed by atoms with E-state index in [1.807, 2.05) is 74.0 Å². The van der Waals surface area contributed by atoms with Crippen LogP contribution in [0.2, 0.25) is 0 Å². The highest BCUT2D eigenvalue weighted by Crippen LogP contribution is 2.18. The molecule has 138 valence electrons. The predicted molar refractivity (Wildman–Crippen MR) is 105 cm³/mol. The summed E-state index contributed by atoms with van der Waals surface area (Å²) < 4.78 is 7.50. The number of rotatable bonds is 6. The number of hydrazone groups is 1. The topological polar surface area (TPSA) is 68.5 Å². The minimum absolute atomic E-state index is 0.0827. The van der Waals surface area contributed by atoms with Crippen molar-refractivity contribution in [3.05, 3.63) is 77.9 Å². The number of carbonyl (C=O) groups excluding carboxylic acids is 1. The van der Waals surface area contributed by atoms with E-state index in [0.717, 1.165) is 22.4 Å². The molecular formula is C21H22N4O2. The first kappa shape index (κ1) is 18.4. The van der Waals surface area contributed by atoms with Crippen molar-refractivity contribution in [3.8, 4) is 11.4 Å². The highest BCUT2D eigenvalue weighted by atomic mass is 16.5. The summed E-state index contributed by atoms with van der Waals surface area (Å²) in [5.41, 5.74) is 7.26. The molecule has 1 heterocycles. The third-order valence-corrected chi connectivity index (χ3v) is 4.14. The Morgan fingerprint density at radius 1 is 1.19 bits per heavy atom. The maximum absolute atomic E-state index is 12.0. The van der Waals surface area contributed by atoms with E-state index in [0.29, 0.717) is 11.5 Å². The molecule has 0 saturated carbocycles. The van der Waals surface area contributed by atoms with E-state index in [9.17, 15) is 4.79 Å². The summed E-state index contributed by atoms with van der Waals surface area (Å²) in [6, 6.07) is 13.7. The fraction of sp³-hybridized carbons (Fsp3) is 0.190. The lowest BCUT2D eigenvalue weighted by Gasteiger charge is -2.09. The third-order valence-electron chi connectivity index (χ3n) is 4.14. The van der Waals surface area contributed by atoms with Crippen LogP contribution in [-0.2, 0) is 4.79 Å². The number of aromatic nitrogens is 2. The average Bonchev–Trinajstić information content (AvgIpc) is 3.21. The normalized spacial score (nSPS) is 11.3. The van der Waals surface area contributed by atoms with Crippen molar-refractivity contribution in [2.75, 3.05) is 6.61 Å². The summed E-state index contributed by atoms with van der Waals surface area (Å²) in [7, 11) is 0. The Hall–Kier alpha value is -3.41. The number of benzene rings is 2. The van der Waals surface area contributed by atoms with Gasteiger partial charge in [-0.3, -0.25) is 4.79 Å². The zero-order valence-corrected chi connectivity index (χ0v) is 15.6. The summed E-state index contributed by atoms with van der Waals surface area (Å²) in [6.07, 6.45) is 5.36. The molecule has 6 heteroatoms. The molecule has 0 atom stereocenters. The van der Waals surface area contributed by atoms with Crippen LogP contribution in [0.1, 0.15) is 23.6 Å². The Bertz CT molecular complexity index is 945. The molecule has 0 unspecified atom stereocenters. The van der Waals surface area contributed by atoms with Gasteiger partial charge in [0.15, 0.2) is 6.61 Å². The van der Waals surface area contributed by atoms with Crippen molar-refractivity contribution in [2.24, 2.45) is 5.10 Å². The van der Waals surface area contributed by atoms with Crippen molar-refractivity contribution in [1.82, 2.24) is 15.0 Å². The molecule has 0 fully saturated rings. The third kappa shape index (κ3) is 4.82. The van der Waals surface area contributed by atoms with Crippen LogP contribution in [0.4, 0.5) is 0 Å². The lowest BCUT2D eigenvalue weighted by Crippen LogP contribution is -2.25. The van der Waals surface area contributed by atoms with Crippen LogP contribution in [0.25, 0.3) is 5.69 Å². The van der Waals surface area contributed by atoms with E-state index in [4.69, 9.17) is 4.74 Å². The monoisotopic (exact) mass is 362 g/mol. The number of nitrogens with zero attached hydrogens (tertiary/aromatic N) is 3. The molecule has 6 nitrogen and oxygen atoms in total. The Labute approximate surface area is 158 Å². The first-order chi connectivity index (χ1) is 13.0. The second-order valence-corrected chi connectivity index (χ2v) is 6.31. The minimum Gasteiger partial charge on any atom is -0.483 e. The van der Waals surface area contributed by atoms with Gasteiger partial charge >= 0.3 is 0 Å². The molecule has 27 heavy (non-hydrogen) atoms. The quantitative estimate of drug-likeness (QED) is 0.540. The smallest absolute Gasteiger partial charge is 0.277 e. The molecule has 1 amide bonds. The van der Waals surface area contributed by atoms with Crippen LogP contribution in [0.15, 0.2) is 66.3 Å². The summed E-state index contributed by atoms with van der Waals surface area (Å²) in [6.45, 7) is 5.69. The number of carbonyl (C=O) groups is 1. The first-order valence-electron chi connectivity index (χ1n) is 8.65. The van der Waals surface area contributed by atoms with Crippen molar-refractivity contribution in [1.29, 1.82) is 0 Å². The zero-order chi connectivity index (χ0) is 19.2. The van der Waals surface area contributed by atoms with E-state index in [2.05, 4.69) is 15.5 Å². The van der Waals surface area contributed by atoms with E-state index in [1.165, 1.54) is 0 Å². The van der Waals surface area contributed by atoms with Crippen LogP contribution in [0.3, 0.4) is 0 Å². The van der Waals surface area contributed by atoms with E-state index < -0.39 is 0 Å². The molecule has 0 radical (unpaired) electrons. The molecule has 0 aliphatic heterocycles.